The van der Waals surface area contributed by atoms with Crippen LogP contribution >= 0.6 is 0 Å². The van der Waals surface area contributed by atoms with E-state index in [-0.39, 0.29) is 0 Å². The van der Waals surface area contributed by atoms with E-state index in [1.54, 1.807) is 12.1 Å². The van der Waals surface area contributed by atoms with Gasteiger partial charge in [0.1, 0.15) is 0 Å². The fraction of sp³-hybridized carbons (Fsp3) is 1.00. The van der Waals surface area contributed by atoms with E-state index in [0.717, 1.165) is 6.04 Å². The van der Waals surface area contributed by atoms with E-state index < -0.39 is 0 Å². The highest BCUT2D eigenvalue weighted by molar-refractivity contribution is 6.35. The smallest absolute Gasteiger partial charge is 0.0227 e. The van der Waals surface area contributed by atoms with E-state index in [4.69, 9.17) is 0 Å². The third kappa shape index (κ3) is 2.10. The third-order valence-corrected chi connectivity index (χ3v) is 3.75. The summed E-state index contributed by atoms with van der Waals surface area (Å²) < 4.78 is 0. The molecule has 1 nitrogen and oxygen atoms in total. The molecule has 0 amide bonds. The average Bonchev–Trinajstić information content (AvgIpc) is 1.90. The van der Waals surface area contributed by atoms with Gasteiger partial charge in [0.05, 0.1) is 0 Å². The van der Waals surface area contributed by atoms with Crippen LogP contribution in [-0.4, -0.2) is 33.6 Å². The van der Waals surface area contributed by atoms with E-state index in [9.17, 15) is 0 Å². The molecule has 1 fully saturated rings. The molecule has 0 unspecified atom stereocenters. The lowest BCUT2D eigenvalue weighted by Crippen LogP contribution is -2.36. The molecule has 0 atom stereocenters. The highest BCUT2D eigenvalue weighted by atomic mass is 28.2. The number of rotatable bonds is 1. The lowest BCUT2D eigenvalue weighted by atomic mass is 10.3. The quantitative estimate of drug-likeness (QED) is 0.489. The number of hydrogen-bond donors (Lipinski definition) is 0. The second kappa shape index (κ2) is 3.37. The molecule has 0 bridgehead atoms. The van der Waals surface area contributed by atoms with Gasteiger partial charge in [0, 0.05) is 15.6 Å². The summed E-state index contributed by atoms with van der Waals surface area (Å²) in [4.78, 5) is 2.59. The van der Waals surface area contributed by atoms with Crippen LogP contribution in [0.25, 0.3) is 0 Å². The van der Waals surface area contributed by atoms with Crippen molar-refractivity contribution in [3.05, 3.63) is 0 Å². The Balaban J connectivity index is 2.23. The molecule has 2 heteroatoms. The Morgan fingerprint density at radius 2 is 1.78 bits per heavy atom. The van der Waals surface area contributed by atoms with Gasteiger partial charge in [0.2, 0.25) is 0 Å². The van der Waals surface area contributed by atoms with Gasteiger partial charge in [-0.1, -0.05) is 12.1 Å². The van der Waals surface area contributed by atoms with Crippen molar-refractivity contribution in [1.29, 1.82) is 0 Å². The summed E-state index contributed by atoms with van der Waals surface area (Å²) in [6.07, 6.45) is 0. The molecule has 9 heavy (non-hydrogen) atoms. The summed E-state index contributed by atoms with van der Waals surface area (Å²) in [7, 11) is 0.403. The molecule has 1 aliphatic heterocycles. The predicted octanol–water partition coefficient (Wildman–Crippen LogP) is 0.716. The second-order valence-electron chi connectivity index (χ2n) is 3.19. The molecule has 1 saturated heterocycles. The molecular weight excluding hydrogens is 126 g/mol. The van der Waals surface area contributed by atoms with Crippen molar-refractivity contribution in [2.24, 2.45) is 0 Å². The van der Waals surface area contributed by atoms with E-state index in [2.05, 4.69) is 18.7 Å². The summed E-state index contributed by atoms with van der Waals surface area (Å²) in [5.41, 5.74) is 0. The minimum absolute atomic E-state index is 0.403. The maximum absolute atomic E-state index is 2.59. The molecule has 1 rings (SSSR count). The Hall–Kier alpha value is 0.177. The van der Waals surface area contributed by atoms with Crippen LogP contribution in [0.3, 0.4) is 0 Å². The molecule has 0 aromatic rings. The average molecular weight is 143 g/mol. The molecule has 0 aromatic heterocycles. The van der Waals surface area contributed by atoms with Crippen LogP contribution in [0.15, 0.2) is 0 Å². The SMILES string of the molecule is CC(C)N1CC[SiH2]CC1. The highest BCUT2D eigenvalue weighted by Crippen LogP contribution is 2.06. The Morgan fingerprint density at radius 1 is 1.22 bits per heavy atom. The van der Waals surface area contributed by atoms with Crippen LogP contribution in [0.5, 0.6) is 0 Å². The summed E-state index contributed by atoms with van der Waals surface area (Å²) in [6.45, 7) is 7.38. The predicted molar refractivity (Wildman–Crippen MR) is 44.9 cm³/mol. The van der Waals surface area contributed by atoms with Gasteiger partial charge < -0.3 is 4.90 Å². The maximum Gasteiger partial charge on any atom is 0.0227 e. The Morgan fingerprint density at radius 3 is 2.11 bits per heavy atom. The zero-order valence-electron chi connectivity index (χ0n) is 6.56. The van der Waals surface area contributed by atoms with Crippen molar-refractivity contribution >= 4 is 9.52 Å². The van der Waals surface area contributed by atoms with Gasteiger partial charge in [-0.15, -0.1) is 0 Å². The molecule has 1 aliphatic rings. The van der Waals surface area contributed by atoms with E-state index in [0.29, 0.717) is 9.52 Å². The molecule has 0 saturated carbocycles. The monoisotopic (exact) mass is 143 g/mol. The van der Waals surface area contributed by atoms with Gasteiger partial charge in [0.15, 0.2) is 0 Å². The topological polar surface area (TPSA) is 3.24 Å². The van der Waals surface area contributed by atoms with Crippen molar-refractivity contribution in [3.63, 3.8) is 0 Å². The first kappa shape index (κ1) is 7.29. The number of nitrogens with zero attached hydrogens (tertiary/aromatic N) is 1. The van der Waals surface area contributed by atoms with Crippen LogP contribution in [-0.2, 0) is 0 Å². The zero-order valence-corrected chi connectivity index (χ0v) is 7.97. The van der Waals surface area contributed by atoms with Crippen LogP contribution in [0, 0.1) is 0 Å². The van der Waals surface area contributed by atoms with Gasteiger partial charge in [-0.25, -0.2) is 0 Å². The summed E-state index contributed by atoms with van der Waals surface area (Å²) in [6, 6.07) is 3.90. The van der Waals surface area contributed by atoms with Gasteiger partial charge in [-0.3, -0.25) is 0 Å². The molecule has 0 aromatic carbocycles. The lowest BCUT2D eigenvalue weighted by Gasteiger charge is -2.29. The molecule has 0 aliphatic carbocycles. The molecule has 0 spiro atoms. The van der Waals surface area contributed by atoms with Crippen molar-refractivity contribution in [2.75, 3.05) is 13.1 Å². The van der Waals surface area contributed by atoms with Crippen molar-refractivity contribution in [3.8, 4) is 0 Å². The largest absolute Gasteiger partial charge is 0.302 e. The van der Waals surface area contributed by atoms with Crippen molar-refractivity contribution < 1.29 is 0 Å². The molecule has 0 N–H and O–H groups in total. The van der Waals surface area contributed by atoms with Crippen LogP contribution < -0.4 is 0 Å². The minimum Gasteiger partial charge on any atom is -0.302 e. The lowest BCUT2D eigenvalue weighted by molar-refractivity contribution is 0.238. The minimum atomic E-state index is 0.403. The molecule has 54 valence electrons. The third-order valence-electron chi connectivity index (χ3n) is 2.12. The second-order valence-corrected chi connectivity index (χ2v) is 5.31. The van der Waals surface area contributed by atoms with Crippen molar-refractivity contribution in [2.45, 2.75) is 32.0 Å². The van der Waals surface area contributed by atoms with Crippen LogP contribution in [0.1, 0.15) is 13.8 Å². The van der Waals surface area contributed by atoms with E-state index >= 15 is 0 Å². The first-order chi connectivity index (χ1) is 4.30. The Kier molecular flexibility index (Phi) is 2.73. The molecule has 0 radical (unpaired) electrons. The zero-order chi connectivity index (χ0) is 6.69. The van der Waals surface area contributed by atoms with Crippen LogP contribution in [0.4, 0.5) is 0 Å². The normalized spacial score (nSPS) is 23.0. The Bertz CT molecular complexity index is 77.0. The highest BCUT2D eigenvalue weighted by Gasteiger charge is 2.11. The Labute approximate surface area is 60.3 Å². The van der Waals surface area contributed by atoms with E-state index in [1.165, 1.54) is 13.1 Å². The molecule has 1 heterocycles. The summed E-state index contributed by atoms with van der Waals surface area (Å²) >= 11 is 0. The van der Waals surface area contributed by atoms with Gasteiger partial charge in [-0.05, 0) is 26.9 Å². The summed E-state index contributed by atoms with van der Waals surface area (Å²) in [5.74, 6) is 0. The molecular formula is C7H17NSi. The summed E-state index contributed by atoms with van der Waals surface area (Å²) in [5, 5.41) is 0. The van der Waals surface area contributed by atoms with Crippen molar-refractivity contribution in [1.82, 2.24) is 4.90 Å². The number of hydrogen-bond acceptors (Lipinski definition) is 1. The van der Waals surface area contributed by atoms with Gasteiger partial charge in [0.25, 0.3) is 0 Å². The van der Waals surface area contributed by atoms with E-state index in [1.807, 2.05) is 0 Å². The van der Waals surface area contributed by atoms with Gasteiger partial charge >= 0.3 is 0 Å². The standard InChI is InChI=1S/C7H17NSi/c1-7(2)8-3-5-9-6-4-8/h7H,3-6,9H2,1-2H3. The fourth-order valence-corrected chi connectivity index (χ4v) is 3.05. The first-order valence-corrected chi connectivity index (χ1v) is 6.05. The maximum atomic E-state index is 2.59. The van der Waals surface area contributed by atoms with Gasteiger partial charge in [-0.2, -0.15) is 0 Å². The first-order valence-electron chi connectivity index (χ1n) is 4.05. The van der Waals surface area contributed by atoms with Crippen LogP contribution in [0.2, 0.25) is 12.1 Å². The fourth-order valence-electron chi connectivity index (χ4n) is 1.43.